The van der Waals surface area contributed by atoms with E-state index in [1.807, 2.05) is 0 Å². The Hall–Kier alpha value is -2.51. The van der Waals surface area contributed by atoms with Gasteiger partial charge in [-0.05, 0) is 55.3 Å². The van der Waals surface area contributed by atoms with Crippen molar-refractivity contribution in [3.8, 4) is 0 Å². The molecule has 1 amide bonds. The molecule has 0 aliphatic carbocycles. The number of carbonyl (C=O) groups is 1. The summed E-state index contributed by atoms with van der Waals surface area (Å²) < 4.78 is 105. The second-order valence-corrected chi connectivity index (χ2v) is 11.2. The molecule has 0 saturated carbocycles. The van der Waals surface area contributed by atoms with E-state index >= 15 is 0 Å². The third-order valence-electron chi connectivity index (χ3n) is 5.43. The summed E-state index contributed by atoms with van der Waals surface area (Å²) in [5, 5.41) is 5.00. The Morgan fingerprint density at radius 2 is 1.57 bits per heavy atom. The van der Waals surface area contributed by atoms with Crippen molar-refractivity contribution >= 4 is 44.7 Å². The lowest BCUT2D eigenvalue weighted by molar-refractivity contribution is -0.275. The zero-order valence-electron chi connectivity index (χ0n) is 19.0. The molecular weight excluding hydrogens is 573 g/mol. The molecule has 0 bridgehead atoms. The number of oxime groups is 1. The van der Waals surface area contributed by atoms with Crippen LogP contribution in [-0.4, -0.2) is 44.7 Å². The SMILES string of the molecule is Cc1cc(C2=NO[C@@](c3cc(Cl)cc(Cl)c3)(C(F)(F)F)C2)cc(C)c1S(=O)(=O)CC(=O)NCC(F)(F)F. The molecule has 3 rings (SSSR count). The number of sulfone groups is 1. The molecule has 1 heterocycles. The number of benzene rings is 2. The molecule has 0 unspecified atom stereocenters. The van der Waals surface area contributed by atoms with Gasteiger partial charge in [-0.15, -0.1) is 0 Å². The fraction of sp³-hybridized carbons (Fsp3) is 0.364. The molecule has 0 spiro atoms. The van der Waals surface area contributed by atoms with Gasteiger partial charge in [0, 0.05) is 27.6 Å². The van der Waals surface area contributed by atoms with Crippen molar-refractivity contribution in [3.63, 3.8) is 0 Å². The number of carbonyl (C=O) groups excluding carboxylic acids is 1. The van der Waals surface area contributed by atoms with Crippen molar-refractivity contribution in [3.05, 3.63) is 62.6 Å². The molecule has 15 heteroatoms. The fourth-order valence-corrected chi connectivity index (χ4v) is 6.16. The van der Waals surface area contributed by atoms with E-state index in [-0.39, 0.29) is 42.9 Å². The van der Waals surface area contributed by atoms with Gasteiger partial charge in [0.15, 0.2) is 9.84 Å². The summed E-state index contributed by atoms with van der Waals surface area (Å²) in [6, 6.07) is 5.84. The van der Waals surface area contributed by atoms with Crippen LogP contribution in [0.4, 0.5) is 26.3 Å². The molecule has 0 fully saturated rings. The zero-order chi connectivity index (χ0) is 28.0. The average Bonchev–Trinajstić information content (AvgIpc) is 3.17. The Kier molecular flexibility index (Phi) is 7.84. The minimum absolute atomic E-state index is 0.0521. The lowest BCUT2D eigenvalue weighted by atomic mass is 9.86. The van der Waals surface area contributed by atoms with Crippen molar-refractivity contribution < 1.29 is 44.4 Å². The van der Waals surface area contributed by atoms with Crippen molar-refractivity contribution in [1.82, 2.24) is 5.32 Å². The molecule has 1 aliphatic heterocycles. The molecule has 6 nitrogen and oxygen atoms in total. The van der Waals surface area contributed by atoms with E-state index in [1.165, 1.54) is 37.4 Å². The second-order valence-electron chi connectivity index (χ2n) is 8.38. The lowest BCUT2D eigenvalue weighted by Gasteiger charge is -2.29. The molecule has 0 radical (unpaired) electrons. The number of hydrogen-bond donors (Lipinski definition) is 1. The summed E-state index contributed by atoms with van der Waals surface area (Å²) in [4.78, 5) is 16.4. The van der Waals surface area contributed by atoms with Gasteiger partial charge in [0.25, 0.3) is 5.60 Å². The largest absolute Gasteiger partial charge is 0.435 e. The van der Waals surface area contributed by atoms with Crippen molar-refractivity contribution in [2.45, 2.75) is 43.1 Å². The highest BCUT2D eigenvalue weighted by atomic mass is 35.5. The molecule has 2 aromatic rings. The van der Waals surface area contributed by atoms with Crippen LogP contribution in [-0.2, 0) is 25.1 Å². The van der Waals surface area contributed by atoms with E-state index < -0.39 is 52.4 Å². The number of rotatable bonds is 6. The van der Waals surface area contributed by atoms with E-state index in [1.54, 1.807) is 0 Å². The number of nitrogens with one attached hydrogen (secondary N) is 1. The molecule has 0 saturated heterocycles. The standard InChI is InChI=1S/C22H18Cl2F6N2O4S/c1-11-3-13(4-12(2)19(11)37(34,35)9-18(33)31-10-21(25,26)27)17-8-20(36-32-17,22(28,29)30)14-5-15(23)7-16(24)6-14/h3-7H,8-10H2,1-2H3,(H,31,33)/t20-/m0/s1. The van der Waals surface area contributed by atoms with Crippen molar-refractivity contribution in [2.24, 2.45) is 5.16 Å². The van der Waals surface area contributed by atoms with Crippen LogP contribution in [0, 0.1) is 13.8 Å². The second kappa shape index (κ2) is 9.99. The summed E-state index contributed by atoms with van der Waals surface area (Å²) in [6.07, 6.45) is -10.4. The third kappa shape index (κ3) is 6.32. The Bertz CT molecular complexity index is 1330. The number of nitrogens with zero attached hydrogens (tertiary/aromatic N) is 1. The molecule has 1 aliphatic rings. The molecule has 0 aromatic heterocycles. The molecule has 1 atom stereocenters. The monoisotopic (exact) mass is 590 g/mol. The first-order chi connectivity index (χ1) is 16.8. The molecular formula is C22H18Cl2F6N2O4S. The van der Waals surface area contributed by atoms with Crippen LogP contribution in [0.15, 0.2) is 40.4 Å². The maximum absolute atomic E-state index is 14.2. The van der Waals surface area contributed by atoms with E-state index in [0.717, 1.165) is 12.1 Å². The van der Waals surface area contributed by atoms with Gasteiger partial charge >= 0.3 is 12.4 Å². The van der Waals surface area contributed by atoms with Gasteiger partial charge in [0.1, 0.15) is 12.3 Å². The van der Waals surface area contributed by atoms with Crippen LogP contribution in [0.25, 0.3) is 0 Å². The average molecular weight is 591 g/mol. The van der Waals surface area contributed by atoms with E-state index in [2.05, 4.69) is 5.16 Å². The van der Waals surface area contributed by atoms with Crippen LogP contribution in [0.2, 0.25) is 10.0 Å². The van der Waals surface area contributed by atoms with E-state index in [4.69, 9.17) is 28.0 Å². The van der Waals surface area contributed by atoms with Gasteiger partial charge in [-0.3, -0.25) is 4.79 Å². The van der Waals surface area contributed by atoms with Gasteiger partial charge in [-0.1, -0.05) is 28.4 Å². The lowest BCUT2D eigenvalue weighted by Crippen LogP contribution is -2.42. The predicted molar refractivity (Wildman–Crippen MR) is 123 cm³/mol. The smallest absolute Gasteiger partial charge is 0.374 e. The molecule has 202 valence electrons. The maximum atomic E-state index is 14.2. The van der Waals surface area contributed by atoms with E-state index in [9.17, 15) is 39.6 Å². The van der Waals surface area contributed by atoms with Crippen LogP contribution < -0.4 is 5.32 Å². The highest BCUT2D eigenvalue weighted by Gasteiger charge is 2.62. The summed E-state index contributed by atoms with van der Waals surface area (Å²) in [5.74, 6) is -2.61. The van der Waals surface area contributed by atoms with Crippen molar-refractivity contribution in [2.75, 3.05) is 12.3 Å². The van der Waals surface area contributed by atoms with Gasteiger partial charge in [0.05, 0.1) is 10.6 Å². The van der Waals surface area contributed by atoms with Crippen LogP contribution >= 0.6 is 23.2 Å². The summed E-state index contributed by atoms with van der Waals surface area (Å²) in [7, 11) is -4.39. The first kappa shape index (κ1) is 29.1. The molecule has 2 aromatic carbocycles. The number of hydrogen-bond acceptors (Lipinski definition) is 5. The first-order valence-electron chi connectivity index (χ1n) is 10.3. The number of halogens is 8. The van der Waals surface area contributed by atoms with Crippen LogP contribution in [0.3, 0.4) is 0 Å². The molecule has 1 N–H and O–H groups in total. The minimum atomic E-state index is -4.94. The topological polar surface area (TPSA) is 84.8 Å². The summed E-state index contributed by atoms with van der Waals surface area (Å²) in [6.45, 7) is 0.971. The maximum Gasteiger partial charge on any atom is 0.435 e. The minimum Gasteiger partial charge on any atom is -0.374 e. The number of alkyl halides is 6. The Labute approximate surface area is 217 Å². The number of aryl methyl sites for hydroxylation is 2. The van der Waals surface area contributed by atoms with Crippen molar-refractivity contribution in [1.29, 1.82) is 0 Å². The Morgan fingerprint density at radius 3 is 2.05 bits per heavy atom. The first-order valence-corrected chi connectivity index (χ1v) is 12.7. The predicted octanol–water partition coefficient (Wildman–Crippen LogP) is 5.64. The van der Waals surface area contributed by atoms with Crippen LogP contribution in [0.1, 0.15) is 28.7 Å². The van der Waals surface area contributed by atoms with Gasteiger partial charge in [-0.2, -0.15) is 26.3 Å². The normalized spacial score (nSPS) is 18.4. The highest BCUT2D eigenvalue weighted by Crippen LogP contribution is 2.49. The third-order valence-corrected chi connectivity index (χ3v) is 7.77. The van der Waals surface area contributed by atoms with Gasteiger partial charge < -0.3 is 10.2 Å². The van der Waals surface area contributed by atoms with Gasteiger partial charge in [0.2, 0.25) is 5.91 Å². The Balaban J connectivity index is 1.92. The quantitative estimate of drug-likeness (QED) is 0.441. The fourth-order valence-electron chi connectivity index (χ4n) is 3.95. The summed E-state index contributed by atoms with van der Waals surface area (Å²) in [5.41, 5.74) is -3.21. The highest BCUT2D eigenvalue weighted by molar-refractivity contribution is 7.92. The van der Waals surface area contributed by atoms with E-state index in [0.29, 0.717) is 0 Å². The zero-order valence-corrected chi connectivity index (χ0v) is 21.3. The summed E-state index contributed by atoms with van der Waals surface area (Å²) >= 11 is 11.8. The Morgan fingerprint density at radius 1 is 1.03 bits per heavy atom. The number of amides is 1. The van der Waals surface area contributed by atoms with Crippen LogP contribution in [0.5, 0.6) is 0 Å². The molecule has 37 heavy (non-hydrogen) atoms. The van der Waals surface area contributed by atoms with Gasteiger partial charge in [-0.25, -0.2) is 8.42 Å².